The van der Waals surface area contributed by atoms with Crippen molar-refractivity contribution in [2.45, 2.75) is 55.6 Å². The van der Waals surface area contributed by atoms with Crippen LogP contribution >= 0.6 is 23.1 Å². The first-order valence-corrected chi connectivity index (χ1v) is 8.08. The Morgan fingerprint density at radius 3 is 2.81 bits per heavy atom. The molecule has 1 heterocycles. The van der Waals surface area contributed by atoms with E-state index in [1.54, 1.807) is 0 Å². The minimum absolute atomic E-state index is 0.309. The highest BCUT2D eigenvalue weighted by Gasteiger charge is 2.26. The molecule has 0 spiro atoms. The van der Waals surface area contributed by atoms with Crippen LogP contribution in [0.3, 0.4) is 0 Å². The Bertz CT molecular complexity index is 291. The number of thioether (sulfide) groups is 1. The number of rotatable bonds is 5. The van der Waals surface area contributed by atoms with Crippen molar-refractivity contribution in [3.63, 3.8) is 0 Å². The molecule has 0 aliphatic heterocycles. The fraction of sp³-hybridized carbons (Fsp3) is 0.692. The van der Waals surface area contributed by atoms with Gasteiger partial charge in [-0.25, -0.2) is 0 Å². The van der Waals surface area contributed by atoms with Crippen molar-refractivity contribution in [3.8, 4) is 0 Å². The van der Waals surface area contributed by atoms with Crippen LogP contribution in [0.4, 0.5) is 0 Å². The first-order valence-electron chi connectivity index (χ1n) is 6.25. The van der Waals surface area contributed by atoms with Gasteiger partial charge in [-0.05, 0) is 30.7 Å². The summed E-state index contributed by atoms with van der Waals surface area (Å²) in [5.74, 6) is 0. The molecule has 0 aromatic carbocycles. The Morgan fingerprint density at radius 1 is 1.50 bits per heavy atom. The zero-order valence-corrected chi connectivity index (χ0v) is 11.5. The summed E-state index contributed by atoms with van der Waals surface area (Å²) in [6.45, 7) is 2.19. The van der Waals surface area contributed by atoms with E-state index < -0.39 is 0 Å². The van der Waals surface area contributed by atoms with Crippen molar-refractivity contribution in [3.05, 3.63) is 22.4 Å². The Kier molecular flexibility index (Phi) is 4.74. The molecule has 0 amide bonds. The molecule has 1 aliphatic carbocycles. The highest BCUT2D eigenvalue weighted by Crippen LogP contribution is 2.42. The van der Waals surface area contributed by atoms with Crippen molar-refractivity contribution in [1.82, 2.24) is 0 Å². The van der Waals surface area contributed by atoms with E-state index in [1.165, 1.54) is 30.6 Å². The van der Waals surface area contributed by atoms with Gasteiger partial charge in [0.2, 0.25) is 0 Å². The van der Waals surface area contributed by atoms with Gasteiger partial charge in [0.1, 0.15) is 0 Å². The van der Waals surface area contributed by atoms with Crippen LogP contribution in [0.15, 0.2) is 17.5 Å². The van der Waals surface area contributed by atoms with E-state index in [1.807, 2.05) is 11.3 Å². The smallest absolute Gasteiger partial charge is 0.0544 e. The molecule has 2 N–H and O–H groups in total. The van der Waals surface area contributed by atoms with Crippen molar-refractivity contribution in [2.75, 3.05) is 0 Å². The van der Waals surface area contributed by atoms with Gasteiger partial charge in [0.05, 0.1) is 5.25 Å². The van der Waals surface area contributed by atoms with Crippen LogP contribution in [-0.2, 0) is 0 Å². The Balaban J connectivity index is 2.02. The lowest BCUT2D eigenvalue weighted by Crippen LogP contribution is -2.26. The van der Waals surface area contributed by atoms with Crippen LogP contribution in [-0.4, -0.2) is 11.3 Å². The van der Waals surface area contributed by atoms with Crippen LogP contribution in [0.1, 0.15) is 49.2 Å². The maximum atomic E-state index is 6.27. The third-order valence-electron chi connectivity index (χ3n) is 3.33. The Morgan fingerprint density at radius 2 is 2.25 bits per heavy atom. The van der Waals surface area contributed by atoms with Gasteiger partial charge < -0.3 is 5.73 Å². The van der Waals surface area contributed by atoms with Gasteiger partial charge in [0.15, 0.2) is 0 Å². The second-order valence-corrected chi connectivity index (χ2v) is 6.98. The lowest BCUT2D eigenvalue weighted by atomic mass is 10.1. The summed E-state index contributed by atoms with van der Waals surface area (Å²) in [4.78, 5) is 1.46. The molecule has 1 nitrogen and oxygen atoms in total. The van der Waals surface area contributed by atoms with Crippen LogP contribution in [0.2, 0.25) is 0 Å². The van der Waals surface area contributed by atoms with E-state index in [2.05, 4.69) is 36.2 Å². The van der Waals surface area contributed by atoms with E-state index >= 15 is 0 Å². The molecule has 0 bridgehead atoms. The minimum atomic E-state index is 0.309. The third kappa shape index (κ3) is 3.02. The van der Waals surface area contributed by atoms with E-state index in [-0.39, 0.29) is 0 Å². The molecule has 0 radical (unpaired) electrons. The predicted octanol–water partition coefficient (Wildman–Crippen LogP) is 4.20. The molecule has 1 saturated carbocycles. The SMILES string of the molecule is CCC(N)C(SC1CCCC1)c1cccs1. The first kappa shape index (κ1) is 12.5. The molecule has 16 heavy (non-hydrogen) atoms. The standard InChI is InChI=1S/C13H21NS2/c1-2-11(14)13(12-8-5-9-15-12)16-10-6-3-4-7-10/h5,8-11,13H,2-4,6-7,14H2,1H3. The lowest BCUT2D eigenvalue weighted by molar-refractivity contribution is 0.636. The van der Waals surface area contributed by atoms with Gasteiger partial charge in [-0.15, -0.1) is 23.1 Å². The van der Waals surface area contributed by atoms with Gasteiger partial charge in [0, 0.05) is 16.2 Å². The number of hydrogen-bond donors (Lipinski definition) is 1. The molecule has 90 valence electrons. The second-order valence-electron chi connectivity index (χ2n) is 4.55. The van der Waals surface area contributed by atoms with Crippen molar-refractivity contribution < 1.29 is 0 Å². The van der Waals surface area contributed by atoms with Crippen molar-refractivity contribution in [2.24, 2.45) is 5.73 Å². The molecular formula is C13H21NS2. The lowest BCUT2D eigenvalue weighted by Gasteiger charge is -2.24. The average Bonchev–Trinajstić information content (AvgIpc) is 2.97. The molecule has 2 unspecified atom stereocenters. The third-order valence-corrected chi connectivity index (χ3v) is 6.18. The van der Waals surface area contributed by atoms with Crippen molar-refractivity contribution >= 4 is 23.1 Å². The van der Waals surface area contributed by atoms with Crippen LogP contribution < -0.4 is 5.73 Å². The Hall–Kier alpha value is 0.01000. The zero-order valence-electron chi connectivity index (χ0n) is 9.89. The van der Waals surface area contributed by atoms with E-state index in [0.717, 1.165) is 11.7 Å². The molecular weight excluding hydrogens is 234 g/mol. The monoisotopic (exact) mass is 255 g/mol. The summed E-state index contributed by atoms with van der Waals surface area (Å²) in [7, 11) is 0. The second kappa shape index (κ2) is 6.08. The first-order chi connectivity index (χ1) is 7.81. The van der Waals surface area contributed by atoms with Gasteiger partial charge in [-0.2, -0.15) is 0 Å². The average molecular weight is 255 g/mol. The summed E-state index contributed by atoms with van der Waals surface area (Å²) in [5.41, 5.74) is 6.27. The van der Waals surface area contributed by atoms with Crippen LogP contribution in [0.25, 0.3) is 0 Å². The fourth-order valence-corrected chi connectivity index (χ4v) is 5.02. The highest BCUT2D eigenvalue weighted by molar-refractivity contribution is 8.00. The Labute approximate surface area is 107 Å². The summed E-state index contributed by atoms with van der Waals surface area (Å²) in [6.07, 6.45) is 6.68. The summed E-state index contributed by atoms with van der Waals surface area (Å²) >= 11 is 3.99. The molecule has 1 aliphatic rings. The zero-order chi connectivity index (χ0) is 11.4. The minimum Gasteiger partial charge on any atom is -0.326 e. The number of thiophene rings is 1. The van der Waals surface area contributed by atoms with E-state index in [0.29, 0.717) is 11.3 Å². The molecule has 2 atom stereocenters. The summed E-state index contributed by atoms with van der Waals surface area (Å²) in [5, 5.41) is 3.54. The number of hydrogen-bond acceptors (Lipinski definition) is 3. The molecule has 0 saturated heterocycles. The molecule has 1 fully saturated rings. The molecule has 2 rings (SSSR count). The number of nitrogens with two attached hydrogens (primary N) is 1. The topological polar surface area (TPSA) is 26.0 Å². The summed E-state index contributed by atoms with van der Waals surface area (Å²) in [6, 6.07) is 4.70. The highest BCUT2D eigenvalue weighted by atomic mass is 32.2. The molecule has 1 aromatic rings. The van der Waals surface area contributed by atoms with E-state index in [4.69, 9.17) is 5.73 Å². The van der Waals surface area contributed by atoms with Crippen LogP contribution in [0, 0.1) is 0 Å². The van der Waals surface area contributed by atoms with Gasteiger partial charge in [0.25, 0.3) is 0 Å². The van der Waals surface area contributed by atoms with Crippen molar-refractivity contribution in [1.29, 1.82) is 0 Å². The largest absolute Gasteiger partial charge is 0.326 e. The fourth-order valence-electron chi connectivity index (χ4n) is 2.28. The normalized spacial score (nSPS) is 21.1. The molecule has 1 aromatic heterocycles. The summed E-state index contributed by atoms with van der Waals surface area (Å²) < 4.78 is 0. The maximum Gasteiger partial charge on any atom is 0.0544 e. The quantitative estimate of drug-likeness (QED) is 0.853. The maximum absolute atomic E-state index is 6.27. The van der Waals surface area contributed by atoms with Gasteiger partial charge in [-0.1, -0.05) is 25.8 Å². The van der Waals surface area contributed by atoms with Crippen LogP contribution in [0.5, 0.6) is 0 Å². The molecule has 3 heteroatoms. The van der Waals surface area contributed by atoms with Gasteiger partial charge in [-0.3, -0.25) is 0 Å². The van der Waals surface area contributed by atoms with Gasteiger partial charge >= 0.3 is 0 Å². The predicted molar refractivity (Wildman–Crippen MR) is 75.2 cm³/mol. The van der Waals surface area contributed by atoms with E-state index in [9.17, 15) is 0 Å².